The van der Waals surface area contributed by atoms with Gasteiger partial charge in [0.1, 0.15) is 0 Å². The Balaban J connectivity index is 1.81. The first-order valence-corrected chi connectivity index (χ1v) is 7.05. The zero-order valence-corrected chi connectivity index (χ0v) is 10.8. The number of thiazole rings is 1. The molecule has 1 fully saturated rings. The summed E-state index contributed by atoms with van der Waals surface area (Å²) in [6.45, 7) is 5.32. The zero-order chi connectivity index (χ0) is 11.4. The Labute approximate surface area is 102 Å². The van der Waals surface area contributed by atoms with Gasteiger partial charge in [0, 0.05) is 30.9 Å². The molecule has 1 aromatic rings. The van der Waals surface area contributed by atoms with Gasteiger partial charge >= 0.3 is 0 Å². The van der Waals surface area contributed by atoms with Gasteiger partial charge in [-0.05, 0) is 26.3 Å². The summed E-state index contributed by atoms with van der Waals surface area (Å²) in [7, 11) is 0. The lowest BCUT2D eigenvalue weighted by Crippen LogP contribution is -2.38. The van der Waals surface area contributed by atoms with Crippen LogP contribution in [0.25, 0.3) is 0 Å². The minimum atomic E-state index is 0.566. The predicted molar refractivity (Wildman–Crippen MR) is 68.6 cm³/mol. The van der Waals surface area contributed by atoms with E-state index in [-0.39, 0.29) is 0 Å². The van der Waals surface area contributed by atoms with Gasteiger partial charge in [0.2, 0.25) is 0 Å². The van der Waals surface area contributed by atoms with E-state index in [4.69, 9.17) is 5.73 Å². The molecule has 4 heteroatoms. The van der Waals surface area contributed by atoms with Crippen molar-refractivity contribution in [1.29, 1.82) is 0 Å². The highest BCUT2D eigenvalue weighted by atomic mass is 32.1. The maximum absolute atomic E-state index is 5.56. The smallest absolute Gasteiger partial charge is 0.0941 e. The van der Waals surface area contributed by atoms with Crippen LogP contribution in [0.2, 0.25) is 0 Å². The third-order valence-electron chi connectivity index (χ3n) is 3.36. The number of rotatable bonds is 4. The first-order chi connectivity index (χ1) is 7.79. The lowest BCUT2D eigenvalue weighted by Gasteiger charge is -2.32. The third kappa shape index (κ3) is 3.03. The molecule has 1 atom stereocenters. The first-order valence-electron chi connectivity index (χ1n) is 6.17. The molecular formula is C12H21N3S. The van der Waals surface area contributed by atoms with Crippen LogP contribution in [0.15, 0.2) is 5.38 Å². The summed E-state index contributed by atoms with van der Waals surface area (Å²) in [4.78, 5) is 7.10. The van der Waals surface area contributed by atoms with Gasteiger partial charge in [-0.25, -0.2) is 4.98 Å². The zero-order valence-electron chi connectivity index (χ0n) is 9.98. The fraction of sp³-hybridized carbons (Fsp3) is 0.750. The predicted octanol–water partition coefficient (Wildman–Crippen LogP) is 2.02. The standard InChI is InChI=1S/C12H21N3S/c1-10-4-2-3-6-15(10)7-5-12-14-11(8-13)9-16-12/h9-10H,2-8,13H2,1H3. The summed E-state index contributed by atoms with van der Waals surface area (Å²) < 4.78 is 0. The van der Waals surface area contributed by atoms with Crippen LogP contribution in [0.3, 0.4) is 0 Å². The first kappa shape index (κ1) is 12.0. The van der Waals surface area contributed by atoms with Gasteiger partial charge in [-0.1, -0.05) is 6.42 Å². The van der Waals surface area contributed by atoms with Gasteiger partial charge in [0.05, 0.1) is 10.7 Å². The van der Waals surface area contributed by atoms with Crippen molar-refractivity contribution >= 4 is 11.3 Å². The number of piperidine rings is 1. The molecule has 2 rings (SSSR count). The molecule has 1 saturated heterocycles. The fourth-order valence-electron chi connectivity index (χ4n) is 2.29. The Kier molecular flexibility index (Phi) is 4.32. The summed E-state index contributed by atoms with van der Waals surface area (Å²) in [6.07, 6.45) is 5.18. The number of likely N-dealkylation sites (tertiary alicyclic amines) is 1. The van der Waals surface area contributed by atoms with E-state index in [1.54, 1.807) is 11.3 Å². The molecule has 0 aromatic carbocycles. The molecule has 1 aliphatic heterocycles. The topological polar surface area (TPSA) is 42.2 Å². The van der Waals surface area contributed by atoms with Crippen molar-refractivity contribution < 1.29 is 0 Å². The van der Waals surface area contributed by atoms with Crippen molar-refractivity contribution in [1.82, 2.24) is 9.88 Å². The quantitative estimate of drug-likeness (QED) is 0.874. The molecule has 0 saturated carbocycles. The van der Waals surface area contributed by atoms with Crippen molar-refractivity contribution in [2.75, 3.05) is 13.1 Å². The highest BCUT2D eigenvalue weighted by Gasteiger charge is 2.17. The maximum Gasteiger partial charge on any atom is 0.0941 e. The van der Waals surface area contributed by atoms with Crippen LogP contribution in [0, 0.1) is 0 Å². The Hall–Kier alpha value is -0.450. The van der Waals surface area contributed by atoms with Gasteiger partial charge in [0.25, 0.3) is 0 Å². The van der Waals surface area contributed by atoms with Gasteiger partial charge in [0.15, 0.2) is 0 Å². The van der Waals surface area contributed by atoms with E-state index in [0.717, 1.165) is 24.7 Å². The monoisotopic (exact) mass is 239 g/mol. The van der Waals surface area contributed by atoms with E-state index < -0.39 is 0 Å². The number of aromatic nitrogens is 1. The van der Waals surface area contributed by atoms with E-state index in [1.807, 2.05) is 0 Å². The van der Waals surface area contributed by atoms with Crippen molar-refractivity contribution in [2.24, 2.45) is 5.73 Å². The molecule has 0 aliphatic carbocycles. The average molecular weight is 239 g/mol. The number of hydrogen-bond donors (Lipinski definition) is 1. The summed E-state index contributed by atoms with van der Waals surface area (Å²) in [5, 5.41) is 3.31. The van der Waals surface area contributed by atoms with Crippen LogP contribution in [0.4, 0.5) is 0 Å². The van der Waals surface area contributed by atoms with Gasteiger partial charge < -0.3 is 10.6 Å². The second kappa shape index (κ2) is 5.75. The van der Waals surface area contributed by atoms with E-state index in [2.05, 4.69) is 22.2 Å². The van der Waals surface area contributed by atoms with Crippen LogP contribution in [-0.4, -0.2) is 29.0 Å². The average Bonchev–Trinajstić information content (AvgIpc) is 2.76. The molecule has 0 spiro atoms. The van der Waals surface area contributed by atoms with Crippen LogP contribution in [0.5, 0.6) is 0 Å². The Morgan fingerprint density at radius 1 is 1.56 bits per heavy atom. The molecule has 90 valence electrons. The van der Waals surface area contributed by atoms with E-state index in [9.17, 15) is 0 Å². The van der Waals surface area contributed by atoms with Crippen molar-refractivity contribution in [3.05, 3.63) is 16.1 Å². The Morgan fingerprint density at radius 2 is 2.44 bits per heavy atom. The lowest BCUT2D eigenvalue weighted by atomic mass is 10.0. The molecule has 0 amide bonds. The molecular weight excluding hydrogens is 218 g/mol. The highest BCUT2D eigenvalue weighted by Crippen LogP contribution is 2.17. The van der Waals surface area contributed by atoms with Crippen LogP contribution in [-0.2, 0) is 13.0 Å². The highest BCUT2D eigenvalue weighted by molar-refractivity contribution is 7.09. The van der Waals surface area contributed by atoms with E-state index >= 15 is 0 Å². The van der Waals surface area contributed by atoms with Crippen LogP contribution >= 0.6 is 11.3 Å². The second-order valence-corrected chi connectivity index (χ2v) is 5.51. The molecule has 0 radical (unpaired) electrons. The summed E-state index contributed by atoms with van der Waals surface area (Å²) in [6, 6.07) is 0.752. The molecule has 2 N–H and O–H groups in total. The molecule has 3 nitrogen and oxygen atoms in total. The molecule has 1 unspecified atom stereocenters. The van der Waals surface area contributed by atoms with E-state index in [0.29, 0.717) is 6.54 Å². The van der Waals surface area contributed by atoms with Gasteiger partial charge in [-0.3, -0.25) is 0 Å². The van der Waals surface area contributed by atoms with Crippen molar-refractivity contribution in [3.8, 4) is 0 Å². The molecule has 1 aromatic heterocycles. The number of nitrogens with two attached hydrogens (primary N) is 1. The molecule has 2 heterocycles. The van der Waals surface area contributed by atoms with Gasteiger partial charge in [-0.15, -0.1) is 11.3 Å². The molecule has 1 aliphatic rings. The summed E-state index contributed by atoms with van der Waals surface area (Å²) >= 11 is 1.75. The normalized spacial score (nSPS) is 22.5. The van der Waals surface area contributed by atoms with E-state index in [1.165, 1.54) is 30.8 Å². The van der Waals surface area contributed by atoms with Crippen molar-refractivity contribution in [2.45, 2.75) is 45.2 Å². The Bertz CT molecular complexity index is 324. The lowest BCUT2D eigenvalue weighted by molar-refractivity contribution is 0.163. The SMILES string of the molecule is CC1CCCCN1CCc1nc(CN)cs1. The second-order valence-electron chi connectivity index (χ2n) is 4.57. The molecule has 16 heavy (non-hydrogen) atoms. The van der Waals surface area contributed by atoms with Crippen LogP contribution < -0.4 is 5.73 Å². The Morgan fingerprint density at radius 3 is 3.12 bits per heavy atom. The molecule has 0 bridgehead atoms. The van der Waals surface area contributed by atoms with Crippen molar-refractivity contribution in [3.63, 3.8) is 0 Å². The number of nitrogens with zero attached hydrogens (tertiary/aromatic N) is 2. The minimum absolute atomic E-state index is 0.566. The minimum Gasteiger partial charge on any atom is -0.325 e. The summed E-state index contributed by atoms with van der Waals surface area (Å²) in [5.41, 5.74) is 6.59. The summed E-state index contributed by atoms with van der Waals surface area (Å²) in [5.74, 6) is 0. The van der Waals surface area contributed by atoms with Crippen LogP contribution in [0.1, 0.15) is 36.9 Å². The van der Waals surface area contributed by atoms with Gasteiger partial charge in [-0.2, -0.15) is 0 Å². The maximum atomic E-state index is 5.56. The fourth-order valence-corrected chi connectivity index (χ4v) is 3.09. The largest absolute Gasteiger partial charge is 0.325 e. The number of hydrogen-bond acceptors (Lipinski definition) is 4. The third-order valence-corrected chi connectivity index (χ3v) is 4.32.